The molecular formula is C9H7BrF3NO. The van der Waals surface area contributed by atoms with Crippen LogP contribution in [0.15, 0.2) is 16.7 Å². The van der Waals surface area contributed by atoms with E-state index in [1.54, 1.807) is 12.1 Å². The number of hydrogen-bond acceptors (Lipinski definition) is 2. The molecule has 1 aliphatic rings. The van der Waals surface area contributed by atoms with Crippen LogP contribution in [0.2, 0.25) is 0 Å². The van der Waals surface area contributed by atoms with Crippen molar-refractivity contribution in [3.05, 3.63) is 28.0 Å². The summed E-state index contributed by atoms with van der Waals surface area (Å²) < 4.78 is 38.2. The summed E-state index contributed by atoms with van der Waals surface area (Å²) in [5.74, 6) is 0. The predicted octanol–water partition coefficient (Wildman–Crippen LogP) is 2.54. The molecule has 0 radical (unpaired) electrons. The summed E-state index contributed by atoms with van der Waals surface area (Å²) in [6.45, 7) is 0. The van der Waals surface area contributed by atoms with E-state index in [9.17, 15) is 18.3 Å². The van der Waals surface area contributed by atoms with Crippen molar-refractivity contribution in [3.8, 4) is 0 Å². The summed E-state index contributed by atoms with van der Waals surface area (Å²) in [4.78, 5) is 3.72. The maximum Gasteiger partial charge on any atom is 0.423 e. The number of halogens is 4. The Morgan fingerprint density at radius 2 is 2.07 bits per heavy atom. The van der Waals surface area contributed by atoms with E-state index in [0.717, 1.165) is 0 Å². The van der Waals surface area contributed by atoms with E-state index < -0.39 is 11.8 Å². The van der Waals surface area contributed by atoms with E-state index in [0.29, 0.717) is 10.2 Å². The van der Waals surface area contributed by atoms with Crippen LogP contribution in [0.5, 0.6) is 0 Å². The fourth-order valence-corrected chi connectivity index (χ4v) is 2.04. The minimum atomic E-state index is -4.67. The lowest BCUT2D eigenvalue weighted by molar-refractivity contribution is -0.266. The largest absolute Gasteiger partial charge is 0.423 e. The highest BCUT2D eigenvalue weighted by atomic mass is 79.9. The van der Waals surface area contributed by atoms with Crippen LogP contribution in [0.3, 0.4) is 0 Å². The normalized spacial score (nSPS) is 25.4. The van der Waals surface area contributed by atoms with Gasteiger partial charge in [-0.25, -0.2) is 4.98 Å². The second-order valence-electron chi connectivity index (χ2n) is 3.50. The molecule has 2 nitrogen and oxygen atoms in total. The molecule has 0 bridgehead atoms. The fourth-order valence-electron chi connectivity index (χ4n) is 1.73. The van der Waals surface area contributed by atoms with Gasteiger partial charge in [-0.15, -0.1) is 0 Å². The number of fused-ring (bicyclic) bond motifs is 1. The van der Waals surface area contributed by atoms with Gasteiger partial charge >= 0.3 is 6.18 Å². The average Bonchev–Trinajstić information content (AvgIpc) is 2.44. The van der Waals surface area contributed by atoms with Gasteiger partial charge in [0.2, 0.25) is 5.60 Å². The van der Waals surface area contributed by atoms with E-state index in [1.807, 2.05) is 0 Å². The lowest BCUT2D eigenvalue weighted by Gasteiger charge is -2.25. The molecule has 0 saturated heterocycles. The fraction of sp³-hybridized carbons (Fsp3) is 0.444. The van der Waals surface area contributed by atoms with Gasteiger partial charge in [-0.1, -0.05) is 6.07 Å². The topological polar surface area (TPSA) is 33.1 Å². The third-order valence-electron chi connectivity index (χ3n) is 2.56. The first-order valence-electron chi connectivity index (χ1n) is 4.29. The summed E-state index contributed by atoms with van der Waals surface area (Å²) in [5, 5.41) is 9.60. The molecule has 1 aliphatic carbocycles. The number of aryl methyl sites for hydroxylation is 1. The maximum absolute atomic E-state index is 12.7. The average molecular weight is 282 g/mol. The SMILES string of the molecule is OC1(C(F)(F)F)CCc2ccc(Br)nc21. The van der Waals surface area contributed by atoms with Gasteiger partial charge in [-0.05, 0) is 40.4 Å². The molecule has 1 N–H and O–H groups in total. The van der Waals surface area contributed by atoms with Crippen LogP contribution >= 0.6 is 15.9 Å². The number of hydrogen-bond donors (Lipinski definition) is 1. The Kier molecular flexibility index (Phi) is 2.31. The number of rotatable bonds is 0. The summed E-state index contributed by atoms with van der Waals surface area (Å²) in [6, 6.07) is 3.12. The number of nitrogens with zero attached hydrogens (tertiary/aromatic N) is 1. The Morgan fingerprint density at radius 3 is 2.67 bits per heavy atom. The highest BCUT2D eigenvalue weighted by Crippen LogP contribution is 2.47. The van der Waals surface area contributed by atoms with E-state index in [1.165, 1.54) is 0 Å². The van der Waals surface area contributed by atoms with Crippen molar-refractivity contribution < 1.29 is 18.3 Å². The first-order valence-corrected chi connectivity index (χ1v) is 5.09. The zero-order valence-electron chi connectivity index (χ0n) is 7.48. The molecular weight excluding hydrogens is 275 g/mol. The van der Waals surface area contributed by atoms with Gasteiger partial charge in [0.05, 0.1) is 5.69 Å². The number of aliphatic hydroxyl groups is 1. The first kappa shape index (κ1) is 10.9. The molecule has 0 saturated carbocycles. The van der Waals surface area contributed by atoms with Gasteiger partial charge < -0.3 is 5.11 Å². The number of pyridine rings is 1. The molecule has 1 heterocycles. The lowest BCUT2D eigenvalue weighted by Crippen LogP contribution is -2.40. The Labute approximate surface area is 92.3 Å². The predicted molar refractivity (Wildman–Crippen MR) is 50.2 cm³/mol. The second kappa shape index (κ2) is 3.18. The van der Waals surface area contributed by atoms with Crippen LogP contribution in [0.4, 0.5) is 13.2 Å². The van der Waals surface area contributed by atoms with Crippen molar-refractivity contribution >= 4 is 15.9 Å². The van der Waals surface area contributed by atoms with E-state index in [-0.39, 0.29) is 18.5 Å². The zero-order chi connectivity index (χ0) is 11.3. The van der Waals surface area contributed by atoms with E-state index in [2.05, 4.69) is 20.9 Å². The van der Waals surface area contributed by atoms with Crippen molar-refractivity contribution in [1.82, 2.24) is 4.98 Å². The molecule has 0 spiro atoms. The quantitative estimate of drug-likeness (QED) is 0.742. The van der Waals surface area contributed by atoms with Gasteiger partial charge in [0.1, 0.15) is 4.60 Å². The minimum absolute atomic E-state index is 0.200. The molecule has 0 aromatic carbocycles. The maximum atomic E-state index is 12.7. The molecule has 0 amide bonds. The summed E-state index contributed by atoms with van der Waals surface area (Å²) in [5.41, 5.74) is -2.60. The molecule has 82 valence electrons. The monoisotopic (exact) mass is 281 g/mol. The van der Waals surface area contributed by atoms with Crippen LogP contribution in [0, 0.1) is 0 Å². The van der Waals surface area contributed by atoms with Gasteiger partial charge in [-0.2, -0.15) is 13.2 Å². The van der Waals surface area contributed by atoms with Crippen LogP contribution < -0.4 is 0 Å². The van der Waals surface area contributed by atoms with Crippen molar-refractivity contribution in [1.29, 1.82) is 0 Å². The summed E-state index contributed by atoms with van der Waals surface area (Å²) in [6.07, 6.45) is -4.83. The zero-order valence-corrected chi connectivity index (χ0v) is 9.06. The summed E-state index contributed by atoms with van der Waals surface area (Å²) in [7, 11) is 0. The standard InChI is InChI=1S/C9H7BrF3NO/c10-6-2-1-5-3-4-8(15,7(5)14-6)9(11,12)13/h1-2,15H,3-4H2. The van der Waals surface area contributed by atoms with E-state index >= 15 is 0 Å². The third kappa shape index (κ3) is 1.56. The molecule has 0 fully saturated rings. The molecule has 6 heteroatoms. The van der Waals surface area contributed by atoms with Crippen molar-refractivity contribution in [2.45, 2.75) is 24.6 Å². The Hall–Kier alpha value is -0.620. The highest BCUT2D eigenvalue weighted by molar-refractivity contribution is 9.10. The summed E-state index contributed by atoms with van der Waals surface area (Å²) >= 11 is 2.99. The van der Waals surface area contributed by atoms with Gasteiger partial charge in [0.15, 0.2) is 0 Å². The molecule has 1 aromatic rings. The first-order chi connectivity index (χ1) is 6.84. The van der Waals surface area contributed by atoms with Gasteiger partial charge in [-0.3, -0.25) is 0 Å². The molecule has 15 heavy (non-hydrogen) atoms. The van der Waals surface area contributed by atoms with Crippen LogP contribution in [0.1, 0.15) is 17.7 Å². The third-order valence-corrected chi connectivity index (χ3v) is 3.00. The van der Waals surface area contributed by atoms with Crippen molar-refractivity contribution in [3.63, 3.8) is 0 Å². The second-order valence-corrected chi connectivity index (χ2v) is 4.31. The van der Waals surface area contributed by atoms with Crippen LogP contribution in [-0.4, -0.2) is 16.3 Å². The van der Waals surface area contributed by atoms with Gasteiger partial charge in [0, 0.05) is 0 Å². The Bertz CT molecular complexity index is 407. The number of alkyl halides is 3. The lowest BCUT2D eigenvalue weighted by atomic mass is 10.0. The number of aromatic nitrogens is 1. The molecule has 0 aliphatic heterocycles. The Morgan fingerprint density at radius 1 is 1.40 bits per heavy atom. The molecule has 2 rings (SSSR count). The van der Waals surface area contributed by atoms with Crippen molar-refractivity contribution in [2.24, 2.45) is 0 Å². The van der Waals surface area contributed by atoms with Crippen LogP contribution in [-0.2, 0) is 12.0 Å². The molecule has 1 aromatic heterocycles. The Balaban J connectivity index is 2.56. The smallest absolute Gasteiger partial charge is 0.375 e. The van der Waals surface area contributed by atoms with Crippen molar-refractivity contribution in [2.75, 3.05) is 0 Å². The molecule has 1 atom stereocenters. The minimum Gasteiger partial charge on any atom is -0.375 e. The molecule has 1 unspecified atom stereocenters. The van der Waals surface area contributed by atoms with E-state index in [4.69, 9.17) is 0 Å². The van der Waals surface area contributed by atoms with Crippen LogP contribution in [0.25, 0.3) is 0 Å². The van der Waals surface area contributed by atoms with Gasteiger partial charge in [0.25, 0.3) is 0 Å². The highest BCUT2D eigenvalue weighted by Gasteiger charge is 2.59.